The molecule has 8 heteroatoms. The lowest BCUT2D eigenvalue weighted by atomic mass is 10.4. The summed E-state index contributed by atoms with van der Waals surface area (Å²) >= 11 is 1.44. The number of hydrogen-bond acceptors (Lipinski definition) is 5. The zero-order valence-electron chi connectivity index (χ0n) is 12.1. The molecule has 0 saturated carbocycles. The second-order valence-corrected chi connectivity index (χ2v) is 5.54. The number of aryl methyl sites for hydroxylation is 4. The van der Waals surface area contributed by atoms with Crippen molar-refractivity contribution in [1.29, 1.82) is 0 Å². The smallest absolute Gasteiger partial charge is 0.325 e. The second kappa shape index (κ2) is 5.49. The molecule has 7 nitrogen and oxygen atoms in total. The number of rotatable bonds is 3. The predicted molar refractivity (Wildman–Crippen MR) is 78.7 cm³/mol. The third kappa shape index (κ3) is 2.74. The van der Waals surface area contributed by atoms with Crippen molar-refractivity contribution in [2.45, 2.75) is 20.8 Å². The molecule has 2 N–H and O–H groups in total. The topological polar surface area (TPSA) is 81.1 Å². The van der Waals surface area contributed by atoms with Gasteiger partial charge in [0.1, 0.15) is 5.69 Å². The van der Waals surface area contributed by atoms with E-state index < -0.39 is 0 Å². The van der Waals surface area contributed by atoms with Crippen LogP contribution in [0.25, 0.3) is 0 Å². The first kappa shape index (κ1) is 14.3. The number of carbonyl (C=O) groups is 1. The van der Waals surface area contributed by atoms with Gasteiger partial charge >= 0.3 is 6.03 Å². The molecule has 2 aromatic heterocycles. The van der Waals surface area contributed by atoms with Gasteiger partial charge in [-0.25, -0.2) is 14.5 Å². The molecule has 0 fully saturated rings. The van der Waals surface area contributed by atoms with Crippen molar-refractivity contribution in [2.24, 2.45) is 7.05 Å². The van der Waals surface area contributed by atoms with Crippen LogP contribution in [0.5, 0.6) is 5.88 Å². The van der Waals surface area contributed by atoms with Gasteiger partial charge in [0.15, 0.2) is 5.13 Å². The SMILES string of the molecule is COc1c(NC(=O)Nc2nc(C)c(C)s2)c(C)nn1C. The zero-order chi connectivity index (χ0) is 14.9. The average molecular weight is 295 g/mol. The summed E-state index contributed by atoms with van der Waals surface area (Å²) in [6.45, 7) is 5.67. The third-order valence-corrected chi connectivity index (χ3v) is 3.84. The number of urea groups is 1. The molecule has 0 aliphatic rings. The molecule has 2 amide bonds. The van der Waals surface area contributed by atoms with Gasteiger partial charge in [0.25, 0.3) is 0 Å². The molecule has 0 spiro atoms. The first-order valence-electron chi connectivity index (χ1n) is 6.02. The fourth-order valence-electron chi connectivity index (χ4n) is 1.78. The van der Waals surface area contributed by atoms with E-state index in [0.29, 0.717) is 22.4 Å². The van der Waals surface area contributed by atoms with E-state index in [1.807, 2.05) is 13.8 Å². The molecule has 0 unspecified atom stereocenters. The minimum Gasteiger partial charge on any atom is -0.480 e. The van der Waals surface area contributed by atoms with Gasteiger partial charge in [-0.15, -0.1) is 11.3 Å². The lowest BCUT2D eigenvalue weighted by molar-refractivity contribution is 0.262. The minimum atomic E-state index is -0.367. The Hall–Kier alpha value is -2.09. The van der Waals surface area contributed by atoms with E-state index >= 15 is 0 Å². The third-order valence-electron chi connectivity index (χ3n) is 2.85. The number of nitrogens with zero attached hydrogens (tertiary/aromatic N) is 3. The Bertz CT molecular complexity index is 627. The van der Waals surface area contributed by atoms with Crippen molar-refractivity contribution in [1.82, 2.24) is 14.8 Å². The fourth-order valence-corrected chi connectivity index (χ4v) is 2.59. The zero-order valence-corrected chi connectivity index (χ0v) is 12.9. The maximum atomic E-state index is 12.0. The Kier molecular flexibility index (Phi) is 3.93. The normalized spacial score (nSPS) is 10.4. The van der Waals surface area contributed by atoms with Crippen LogP contribution < -0.4 is 15.4 Å². The van der Waals surface area contributed by atoms with Crippen LogP contribution in [0.4, 0.5) is 15.6 Å². The van der Waals surface area contributed by atoms with Crippen LogP contribution in [-0.4, -0.2) is 27.9 Å². The molecule has 0 aliphatic heterocycles. The molecule has 0 aliphatic carbocycles. The molecule has 0 bridgehead atoms. The monoisotopic (exact) mass is 295 g/mol. The molecule has 108 valence electrons. The lowest BCUT2D eigenvalue weighted by Gasteiger charge is -2.07. The Morgan fingerprint density at radius 1 is 1.25 bits per heavy atom. The summed E-state index contributed by atoms with van der Waals surface area (Å²) in [5.41, 5.74) is 2.16. The van der Waals surface area contributed by atoms with Crippen LogP contribution >= 0.6 is 11.3 Å². The Labute approximate surface area is 121 Å². The number of amides is 2. The van der Waals surface area contributed by atoms with E-state index in [1.165, 1.54) is 18.4 Å². The number of aromatic nitrogens is 3. The molecular formula is C12H17N5O2S. The van der Waals surface area contributed by atoms with Crippen LogP contribution in [0.3, 0.4) is 0 Å². The number of ether oxygens (including phenoxy) is 1. The van der Waals surface area contributed by atoms with Crippen LogP contribution in [0.15, 0.2) is 0 Å². The van der Waals surface area contributed by atoms with Gasteiger partial charge in [-0.1, -0.05) is 0 Å². The molecular weight excluding hydrogens is 278 g/mol. The highest BCUT2D eigenvalue weighted by Crippen LogP contribution is 2.27. The summed E-state index contributed by atoms with van der Waals surface area (Å²) in [7, 11) is 3.29. The molecule has 0 atom stereocenters. The van der Waals surface area contributed by atoms with Gasteiger partial charge in [0.2, 0.25) is 5.88 Å². The maximum Gasteiger partial charge on any atom is 0.325 e. The molecule has 0 saturated heterocycles. The highest BCUT2D eigenvalue weighted by molar-refractivity contribution is 7.15. The molecule has 2 rings (SSSR count). The molecule has 2 heterocycles. The van der Waals surface area contributed by atoms with Gasteiger partial charge in [-0.2, -0.15) is 5.10 Å². The minimum absolute atomic E-state index is 0.367. The standard InChI is InChI=1S/C12H17N5O2S/c1-6-8(3)20-12(13-6)15-11(18)14-9-7(2)16-17(4)10(9)19-5/h1-5H3,(H2,13,14,15,18). The van der Waals surface area contributed by atoms with Gasteiger partial charge in [0, 0.05) is 11.9 Å². The largest absolute Gasteiger partial charge is 0.480 e. The second-order valence-electron chi connectivity index (χ2n) is 4.33. The Balaban J connectivity index is 2.12. The van der Waals surface area contributed by atoms with Crippen molar-refractivity contribution in [3.05, 3.63) is 16.3 Å². The maximum absolute atomic E-state index is 12.0. The Morgan fingerprint density at radius 2 is 1.95 bits per heavy atom. The van der Waals surface area contributed by atoms with Crippen LogP contribution in [0, 0.1) is 20.8 Å². The number of nitrogens with one attached hydrogen (secondary N) is 2. The number of carbonyl (C=O) groups excluding carboxylic acids is 1. The van der Waals surface area contributed by atoms with Crippen molar-refractivity contribution in [2.75, 3.05) is 17.7 Å². The predicted octanol–water partition coefficient (Wildman–Crippen LogP) is 2.45. The highest BCUT2D eigenvalue weighted by Gasteiger charge is 2.17. The van der Waals surface area contributed by atoms with Crippen molar-refractivity contribution in [3.8, 4) is 5.88 Å². The number of anilines is 2. The fraction of sp³-hybridized carbons (Fsp3) is 0.417. The van der Waals surface area contributed by atoms with Gasteiger partial charge in [-0.05, 0) is 20.8 Å². The van der Waals surface area contributed by atoms with E-state index in [0.717, 1.165) is 10.6 Å². The molecule has 0 aromatic carbocycles. The first-order chi connectivity index (χ1) is 9.42. The first-order valence-corrected chi connectivity index (χ1v) is 6.83. The highest BCUT2D eigenvalue weighted by atomic mass is 32.1. The van der Waals surface area contributed by atoms with E-state index in [2.05, 4.69) is 20.7 Å². The van der Waals surface area contributed by atoms with Gasteiger partial charge < -0.3 is 10.1 Å². The lowest BCUT2D eigenvalue weighted by Crippen LogP contribution is -2.20. The summed E-state index contributed by atoms with van der Waals surface area (Å²) in [4.78, 5) is 17.3. The van der Waals surface area contributed by atoms with Crippen LogP contribution in [0.2, 0.25) is 0 Å². The molecule has 2 aromatic rings. The van der Waals surface area contributed by atoms with Crippen LogP contribution in [0.1, 0.15) is 16.3 Å². The Morgan fingerprint density at radius 3 is 2.50 bits per heavy atom. The quantitative estimate of drug-likeness (QED) is 0.911. The number of thiazole rings is 1. The summed E-state index contributed by atoms with van der Waals surface area (Å²) in [6, 6.07) is -0.367. The number of hydrogen-bond donors (Lipinski definition) is 2. The van der Waals surface area contributed by atoms with Crippen LogP contribution in [-0.2, 0) is 7.05 Å². The summed E-state index contributed by atoms with van der Waals surface area (Å²) < 4.78 is 6.79. The van der Waals surface area contributed by atoms with E-state index in [9.17, 15) is 4.79 Å². The summed E-state index contributed by atoms with van der Waals surface area (Å²) in [5.74, 6) is 0.504. The number of methoxy groups -OCH3 is 1. The summed E-state index contributed by atoms with van der Waals surface area (Å²) in [5, 5.41) is 10.2. The van der Waals surface area contributed by atoms with Gasteiger partial charge in [-0.3, -0.25) is 5.32 Å². The average Bonchev–Trinajstić information content (AvgIpc) is 2.80. The van der Waals surface area contributed by atoms with E-state index in [4.69, 9.17) is 4.74 Å². The van der Waals surface area contributed by atoms with Crippen molar-refractivity contribution >= 4 is 28.2 Å². The molecule has 0 radical (unpaired) electrons. The van der Waals surface area contributed by atoms with Crippen molar-refractivity contribution in [3.63, 3.8) is 0 Å². The van der Waals surface area contributed by atoms with E-state index in [-0.39, 0.29) is 6.03 Å². The van der Waals surface area contributed by atoms with Crippen molar-refractivity contribution < 1.29 is 9.53 Å². The summed E-state index contributed by atoms with van der Waals surface area (Å²) in [6.07, 6.45) is 0. The van der Waals surface area contributed by atoms with Gasteiger partial charge in [0.05, 0.1) is 18.5 Å². The van der Waals surface area contributed by atoms with E-state index in [1.54, 1.807) is 18.7 Å². The molecule has 20 heavy (non-hydrogen) atoms.